The van der Waals surface area contributed by atoms with Crippen LogP contribution in [0.5, 0.6) is 0 Å². The van der Waals surface area contributed by atoms with Gasteiger partial charge < -0.3 is 19.5 Å². The summed E-state index contributed by atoms with van der Waals surface area (Å²) in [5.74, 6) is -0.724. The molecule has 1 amide bonds. The van der Waals surface area contributed by atoms with Crippen molar-refractivity contribution in [3.63, 3.8) is 0 Å². The molecule has 2 rings (SSSR count). The first kappa shape index (κ1) is 18.9. The van der Waals surface area contributed by atoms with Crippen LogP contribution in [0.15, 0.2) is 22.7 Å². The molecule has 0 radical (unpaired) electrons. The fraction of sp³-hybridized carbons (Fsp3) is 0.375. The minimum atomic E-state index is -0.466. The van der Waals surface area contributed by atoms with E-state index in [2.05, 4.69) is 20.2 Å². The number of benzene rings is 1. The number of hydrogen-bond acceptors (Lipinski definition) is 7. The molecule has 9 heteroatoms. The van der Waals surface area contributed by atoms with Crippen LogP contribution in [0.3, 0.4) is 0 Å². The molecule has 0 atom stereocenters. The summed E-state index contributed by atoms with van der Waals surface area (Å²) in [5.41, 5.74) is 0.997. The van der Waals surface area contributed by atoms with Crippen molar-refractivity contribution < 1.29 is 18.8 Å². The molecule has 1 aromatic carbocycles. The molecule has 0 fully saturated rings. The number of nitrogens with one attached hydrogen (secondary N) is 1. The van der Waals surface area contributed by atoms with E-state index in [1.807, 2.05) is 19.0 Å². The van der Waals surface area contributed by atoms with Crippen molar-refractivity contribution in [1.82, 2.24) is 20.4 Å². The molecule has 0 saturated heterocycles. The summed E-state index contributed by atoms with van der Waals surface area (Å²) in [5, 5.41) is 6.92. The molecule has 0 bridgehead atoms. The van der Waals surface area contributed by atoms with E-state index in [9.17, 15) is 9.59 Å². The second kappa shape index (κ2) is 8.59. The van der Waals surface area contributed by atoms with Crippen molar-refractivity contribution in [2.75, 3.05) is 34.3 Å². The van der Waals surface area contributed by atoms with Gasteiger partial charge in [0.1, 0.15) is 0 Å². The Morgan fingerprint density at radius 3 is 2.80 bits per heavy atom. The second-order valence-electron chi connectivity index (χ2n) is 5.55. The third-order valence-electron chi connectivity index (χ3n) is 3.32. The van der Waals surface area contributed by atoms with Gasteiger partial charge in [-0.15, -0.1) is 0 Å². The number of likely N-dealkylation sites (N-methyl/N-ethyl adjacent to an activating group) is 1. The molecule has 25 heavy (non-hydrogen) atoms. The highest BCUT2D eigenvalue weighted by Crippen LogP contribution is 2.20. The first-order valence-corrected chi connectivity index (χ1v) is 7.90. The quantitative estimate of drug-likeness (QED) is 0.739. The van der Waals surface area contributed by atoms with Gasteiger partial charge in [0.05, 0.1) is 12.7 Å². The lowest BCUT2D eigenvalue weighted by atomic mass is 10.1. The molecule has 0 spiro atoms. The standard InChI is InChI=1S/C16H19ClN4O4/c1-21(2)7-6-18-14(22)15-19-13(20-25-15)9-11-8-10(16(23)24-3)4-5-12(11)17/h4-5,8H,6-7,9H2,1-3H3,(H,18,22). The van der Waals surface area contributed by atoms with Gasteiger partial charge in [-0.3, -0.25) is 4.79 Å². The molecule has 0 aliphatic heterocycles. The first-order valence-electron chi connectivity index (χ1n) is 7.53. The number of aromatic nitrogens is 2. The summed E-state index contributed by atoms with van der Waals surface area (Å²) in [6, 6.07) is 4.76. The van der Waals surface area contributed by atoms with Gasteiger partial charge in [-0.1, -0.05) is 16.8 Å². The zero-order chi connectivity index (χ0) is 18.4. The lowest BCUT2D eigenvalue weighted by Crippen LogP contribution is -2.31. The minimum absolute atomic E-state index is 0.117. The fourth-order valence-corrected chi connectivity index (χ4v) is 2.20. The molecular weight excluding hydrogens is 348 g/mol. The highest BCUT2D eigenvalue weighted by molar-refractivity contribution is 6.31. The van der Waals surface area contributed by atoms with E-state index in [0.717, 1.165) is 0 Å². The van der Waals surface area contributed by atoms with Gasteiger partial charge >= 0.3 is 17.8 Å². The van der Waals surface area contributed by atoms with E-state index in [1.165, 1.54) is 7.11 Å². The van der Waals surface area contributed by atoms with Crippen LogP contribution in [0, 0.1) is 0 Å². The molecule has 0 saturated carbocycles. The number of carbonyl (C=O) groups excluding carboxylic acids is 2. The van der Waals surface area contributed by atoms with Crippen LogP contribution < -0.4 is 5.32 Å². The lowest BCUT2D eigenvalue weighted by molar-refractivity contribution is 0.0600. The van der Waals surface area contributed by atoms with Crippen LogP contribution in [0.4, 0.5) is 0 Å². The van der Waals surface area contributed by atoms with E-state index in [0.29, 0.717) is 35.1 Å². The maximum absolute atomic E-state index is 11.9. The lowest BCUT2D eigenvalue weighted by Gasteiger charge is -2.08. The van der Waals surface area contributed by atoms with Crippen molar-refractivity contribution in [3.05, 3.63) is 46.1 Å². The molecular formula is C16H19ClN4O4. The average Bonchev–Trinajstić information content (AvgIpc) is 3.04. The molecule has 2 aromatic rings. The molecule has 0 unspecified atom stereocenters. The SMILES string of the molecule is COC(=O)c1ccc(Cl)c(Cc2noc(C(=O)NCCN(C)C)n2)c1. The van der Waals surface area contributed by atoms with E-state index in [-0.39, 0.29) is 12.3 Å². The predicted molar refractivity (Wildman–Crippen MR) is 90.8 cm³/mol. The van der Waals surface area contributed by atoms with Gasteiger partial charge in [0.15, 0.2) is 5.82 Å². The van der Waals surface area contributed by atoms with E-state index < -0.39 is 11.9 Å². The Kier molecular flexibility index (Phi) is 6.49. The maximum atomic E-state index is 11.9. The summed E-state index contributed by atoms with van der Waals surface area (Å²) in [6.07, 6.45) is 0.220. The third-order valence-corrected chi connectivity index (χ3v) is 3.69. The summed E-state index contributed by atoms with van der Waals surface area (Å²) in [4.78, 5) is 29.5. The number of halogens is 1. The molecule has 0 aliphatic rings. The Morgan fingerprint density at radius 2 is 2.12 bits per heavy atom. The molecule has 8 nitrogen and oxygen atoms in total. The van der Waals surface area contributed by atoms with Crippen molar-refractivity contribution in [2.24, 2.45) is 0 Å². The monoisotopic (exact) mass is 366 g/mol. The second-order valence-corrected chi connectivity index (χ2v) is 5.96. The van der Waals surface area contributed by atoms with Gasteiger partial charge in [0, 0.05) is 24.5 Å². The summed E-state index contributed by atoms with van der Waals surface area (Å²) in [6.45, 7) is 1.17. The van der Waals surface area contributed by atoms with Crippen LogP contribution in [0.25, 0.3) is 0 Å². The van der Waals surface area contributed by atoms with Crippen LogP contribution in [0.2, 0.25) is 5.02 Å². The number of hydrogen-bond donors (Lipinski definition) is 1. The molecule has 1 N–H and O–H groups in total. The Hall–Kier alpha value is -2.45. The zero-order valence-corrected chi connectivity index (χ0v) is 15.0. The van der Waals surface area contributed by atoms with Crippen LogP contribution >= 0.6 is 11.6 Å². The van der Waals surface area contributed by atoms with E-state index in [1.54, 1.807) is 18.2 Å². The van der Waals surface area contributed by atoms with Crippen LogP contribution in [-0.2, 0) is 11.2 Å². The number of rotatable bonds is 7. The Balaban J connectivity index is 2.06. The molecule has 0 aliphatic carbocycles. The zero-order valence-electron chi connectivity index (χ0n) is 14.2. The number of nitrogens with zero attached hydrogens (tertiary/aromatic N) is 3. The van der Waals surface area contributed by atoms with Crippen LogP contribution in [-0.4, -0.2) is 61.2 Å². The smallest absolute Gasteiger partial charge is 0.337 e. The number of ether oxygens (including phenoxy) is 1. The number of carbonyl (C=O) groups is 2. The molecule has 1 heterocycles. The predicted octanol–water partition coefficient (Wildman–Crippen LogP) is 1.39. The third kappa shape index (κ3) is 5.27. The highest BCUT2D eigenvalue weighted by atomic mass is 35.5. The van der Waals surface area contributed by atoms with Gasteiger partial charge in [-0.05, 0) is 37.9 Å². The van der Waals surface area contributed by atoms with E-state index >= 15 is 0 Å². The van der Waals surface area contributed by atoms with Gasteiger partial charge in [-0.2, -0.15) is 4.98 Å². The van der Waals surface area contributed by atoms with Gasteiger partial charge in [-0.25, -0.2) is 4.79 Å². The Morgan fingerprint density at radius 1 is 1.36 bits per heavy atom. The minimum Gasteiger partial charge on any atom is -0.465 e. The normalized spacial score (nSPS) is 10.8. The number of amides is 1. The van der Waals surface area contributed by atoms with Crippen molar-refractivity contribution in [2.45, 2.75) is 6.42 Å². The number of methoxy groups -OCH3 is 1. The fourth-order valence-electron chi connectivity index (χ4n) is 2.01. The maximum Gasteiger partial charge on any atom is 0.337 e. The van der Waals surface area contributed by atoms with Crippen molar-refractivity contribution >= 4 is 23.5 Å². The molecule has 134 valence electrons. The summed E-state index contributed by atoms with van der Waals surface area (Å²) in [7, 11) is 5.11. The summed E-state index contributed by atoms with van der Waals surface area (Å²) >= 11 is 6.14. The average molecular weight is 367 g/mol. The van der Waals surface area contributed by atoms with Crippen LogP contribution in [0.1, 0.15) is 32.4 Å². The van der Waals surface area contributed by atoms with Gasteiger partial charge in [0.25, 0.3) is 0 Å². The Labute approximate surface area is 150 Å². The highest BCUT2D eigenvalue weighted by Gasteiger charge is 2.16. The van der Waals surface area contributed by atoms with E-state index in [4.69, 9.17) is 16.1 Å². The topological polar surface area (TPSA) is 97.6 Å². The Bertz CT molecular complexity index is 760. The van der Waals surface area contributed by atoms with Crippen molar-refractivity contribution in [3.8, 4) is 0 Å². The molecule has 1 aromatic heterocycles. The largest absolute Gasteiger partial charge is 0.465 e. The summed E-state index contributed by atoms with van der Waals surface area (Å²) < 4.78 is 9.66. The van der Waals surface area contributed by atoms with Crippen molar-refractivity contribution in [1.29, 1.82) is 0 Å². The number of esters is 1. The first-order chi connectivity index (χ1) is 11.9. The van der Waals surface area contributed by atoms with Gasteiger partial charge in [0.2, 0.25) is 0 Å².